The zero-order valence-corrected chi connectivity index (χ0v) is 10.4. The van der Waals surface area contributed by atoms with Crippen LogP contribution in [0.3, 0.4) is 0 Å². The van der Waals surface area contributed by atoms with Gasteiger partial charge in [0.1, 0.15) is 5.75 Å². The fourth-order valence-electron chi connectivity index (χ4n) is 1.88. The first-order chi connectivity index (χ1) is 7.10. The fraction of sp³-hybridized carbons (Fsp3) is 0.615. The molecule has 0 radical (unpaired) electrons. The molecular formula is C13H21NO. The van der Waals surface area contributed by atoms with Crippen LogP contribution in [0.1, 0.15) is 50.6 Å². The number of ether oxygens (including phenoxy) is 1. The van der Waals surface area contributed by atoms with Gasteiger partial charge in [-0.3, -0.25) is 4.98 Å². The highest BCUT2D eigenvalue weighted by atomic mass is 16.5. The lowest BCUT2D eigenvalue weighted by Gasteiger charge is -2.17. The second-order valence-electron chi connectivity index (χ2n) is 4.06. The average molecular weight is 207 g/mol. The van der Waals surface area contributed by atoms with E-state index < -0.39 is 0 Å². The number of aryl methyl sites for hydroxylation is 2. The maximum atomic E-state index is 5.68. The molecule has 84 valence electrons. The highest BCUT2D eigenvalue weighted by Crippen LogP contribution is 2.30. The Balaban J connectivity index is 3.26. The number of aromatic nitrogens is 1. The standard InChI is InChI=1S/C13H21NO/c1-6-11-13(9(3)4)12(15-7-2)8-10(5)14-11/h8-9H,6-7H2,1-5H3. The van der Waals surface area contributed by atoms with Gasteiger partial charge in [-0.1, -0.05) is 20.8 Å². The lowest BCUT2D eigenvalue weighted by Crippen LogP contribution is -2.05. The maximum Gasteiger partial charge on any atom is 0.126 e. The molecule has 0 aliphatic heterocycles. The van der Waals surface area contributed by atoms with Gasteiger partial charge in [0.15, 0.2) is 0 Å². The third kappa shape index (κ3) is 2.71. The smallest absolute Gasteiger partial charge is 0.126 e. The third-order valence-electron chi connectivity index (χ3n) is 2.44. The van der Waals surface area contributed by atoms with Crippen LogP contribution in [0.15, 0.2) is 6.07 Å². The summed E-state index contributed by atoms with van der Waals surface area (Å²) < 4.78 is 5.68. The van der Waals surface area contributed by atoms with Crippen LogP contribution in [0.2, 0.25) is 0 Å². The van der Waals surface area contributed by atoms with Crippen molar-refractivity contribution >= 4 is 0 Å². The first-order valence-electron chi connectivity index (χ1n) is 5.73. The first kappa shape index (κ1) is 12.0. The molecule has 15 heavy (non-hydrogen) atoms. The summed E-state index contributed by atoms with van der Waals surface area (Å²) in [6.45, 7) is 11.3. The summed E-state index contributed by atoms with van der Waals surface area (Å²) >= 11 is 0. The molecular weight excluding hydrogens is 186 g/mol. The van der Waals surface area contributed by atoms with Gasteiger partial charge in [0.2, 0.25) is 0 Å². The van der Waals surface area contributed by atoms with Gasteiger partial charge in [0.05, 0.1) is 6.61 Å². The Labute approximate surface area is 92.7 Å². The van der Waals surface area contributed by atoms with E-state index in [1.165, 1.54) is 11.3 Å². The molecule has 2 heteroatoms. The second-order valence-corrected chi connectivity index (χ2v) is 4.06. The Morgan fingerprint density at radius 3 is 2.47 bits per heavy atom. The summed E-state index contributed by atoms with van der Waals surface area (Å²) in [6, 6.07) is 2.04. The van der Waals surface area contributed by atoms with Gasteiger partial charge < -0.3 is 4.74 Å². The molecule has 1 rings (SSSR count). The fourth-order valence-corrected chi connectivity index (χ4v) is 1.88. The average Bonchev–Trinajstić information content (AvgIpc) is 2.16. The molecule has 0 amide bonds. The van der Waals surface area contributed by atoms with Crippen LogP contribution < -0.4 is 4.74 Å². The summed E-state index contributed by atoms with van der Waals surface area (Å²) in [5, 5.41) is 0. The van der Waals surface area contributed by atoms with E-state index in [2.05, 4.69) is 25.8 Å². The van der Waals surface area contributed by atoms with E-state index in [1.54, 1.807) is 0 Å². The van der Waals surface area contributed by atoms with Crippen LogP contribution in [0.4, 0.5) is 0 Å². The molecule has 0 aliphatic rings. The lowest BCUT2D eigenvalue weighted by molar-refractivity contribution is 0.333. The molecule has 2 nitrogen and oxygen atoms in total. The molecule has 1 aromatic heterocycles. The first-order valence-corrected chi connectivity index (χ1v) is 5.73. The quantitative estimate of drug-likeness (QED) is 0.754. The van der Waals surface area contributed by atoms with Gasteiger partial charge in [-0.2, -0.15) is 0 Å². The normalized spacial score (nSPS) is 10.8. The number of nitrogens with zero attached hydrogens (tertiary/aromatic N) is 1. The van der Waals surface area contributed by atoms with E-state index in [4.69, 9.17) is 4.74 Å². The molecule has 0 saturated heterocycles. The van der Waals surface area contributed by atoms with Gasteiger partial charge in [-0.15, -0.1) is 0 Å². The Bertz CT molecular complexity index is 332. The van der Waals surface area contributed by atoms with E-state index >= 15 is 0 Å². The van der Waals surface area contributed by atoms with Crippen LogP contribution in [-0.4, -0.2) is 11.6 Å². The van der Waals surface area contributed by atoms with Crippen molar-refractivity contribution < 1.29 is 4.74 Å². The van der Waals surface area contributed by atoms with Gasteiger partial charge >= 0.3 is 0 Å². The minimum atomic E-state index is 0.467. The van der Waals surface area contributed by atoms with E-state index in [1.807, 2.05) is 19.9 Å². The van der Waals surface area contributed by atoms with Gasteiger partial charge in [0.25, 0.3) is 0 Å². The summed E-state index contributed by atoms with van der Waals surface area (Å²) in [5.41, 5.74) is 3.48. The van der Waals surface area contributed by atoms with Crippen LogP contribution in [0, 0.1) is 6.92 Å². The molecule has 0 saturated carbocycles. The molecule has 0 aliphatic carbocycles. The third-order valence-corrected chi connectivity index (χ3v) is 2.44. The topological polar surface area (TPSA) is 22.1 Å². The van der Waals surface area contributed by atoms with E-state index in [0.29, 0.717) is 12.5 Å². The van der Waals surface area contributed by atoms with Crippen molar-refractivity contribution in [1.29, 1.82) is 0 Å². The van der Waals surface area contributed by atoms with Crippen molar-refractivity contribution in [3.05, 3.63) is 23.0 Å². The van der Waals surface area contributed by atoms with Crippen molar-refractivity contribution in [3.63, 3.8) is 0 Å². The Morgan fingerprint density at radius 2 is 2.00 bits per heavy atom. The van der Waals surface area contributed by atoms with Crippen LogP contribution in [0.5, 0.6) is 5.75 Å². The Hall–Kier alpha value is -1.05. The molecule has 0 fully saturated rings. The van der Waals surface area contributed by atoms with Gasteiger partial charge in [-0.05, 0) is 26.2 Å². The second kappa shape index (κ2) is 5.15. The zero-order valence-electron chi connectivity index (χ0n) is 10.4. The van der Waals surface area contributed by atoms with Crippen molar-refractivity contribution in [2.24, 2.45) is 0 Å². The molecule has 1 aromatic rings. The minimum absolute atomic E-state index is 0.467. The predicted octanol–water partition coefficient (Wildman–Crippen LogP) is 3.47. The van der Waals surface area contributed by atoms with Crippen molar-refractivity contribution in [2.45, 2.75) is 47.0 Å². The summed E-state index contributed by atoms with van der Waals surface area (Å²) in [7, 11) is 0. The van der Waals surface area contributed by atoms with Crippen molar-refractivity contribution in [2.75, 3.05) is 6.61 Å². The molecule has 0 spiro atoms. The Morgan fingerprint density at radius 1 is 1.33 bits per heavy atom. The maximum absolute atomic E-state index is 5.68. The SMILES string of the molecule is CCOc1cc(C)nc(CC)c1C(C)C. The van der Waals surface area contributed by atoms with E-state index in [0.717, 1.165) is 17.9 Å². The van der Waals surface area contributed by atoms with Crippen LogP contribution in [0.25, 0.3) is 0 Å². The highest BCUT2D eigenvalue weighted by Gasteiger charge is 2.14. The van der Waals surface area contributed by atoms with Crippen molar-refractivity contribution in [3.8, 4) is 5.75 Å². The van der Waals surface area contributed by atoms with Crippen LogP contribution >= 0.6 is 0 Å². The lowest BCUT2D eigenvalue weighted by atomic mass is 9.98. The van der Waals surface area contributed by atoms with Gasteiger partial charge in [-0.25, -0.2) is 0 Å². The Kier molecular flexibility index (Phi) is 4.13. The molecule has 0 atom stereocenters. The van der Waals surface area contributed by atoms with E-state index in [-0.39, 0.29) is 0 Å². The summed E-state index contributed by atoms with van der Waals surface area (Å²) in [4.78, 5) is 4.58. The highest BCUT2D eigenvalue weighted by molar-refractivity contribution is 5.40. The van der Waals surface area contributed by atoms with Gasteiger partial charge in [0, 0.05) is 23.0 Å². The summed E-state index contributed by atoms with van der Waals surface area (Å²) in [5.74, 6) is 1.48. The number of pyridine rings is 1. The largest absolute Gasteiger partial charge is 0.493 e. The minimum Gasteiger partial charge on any atom is -0.493 e. The monoisotopic (exact) mass is 207 g/mol. The molecule has 0 aromatic carbocycles. The number of hydrogen-bond acceptors (Lipinski definition) is 2. The summed E-state index contributed by atoms with van der Waals surface area (Å²) in [6.07, 6.45) is 0.968. The zero-order chi connectivity index (χ0) is 11.4. The molecule has 0 N–H and O–H groups in total. The predicted molar refractivity (Wildman–Crippen MR) is 63.6 cm³/mol. The molecule has 1 heterocycles. The van der Waals surface area contributed by atoms with Crippen molar-refractivity contribution in [1.82, 2.24) is 4.98 Å². The van der Waals surface area contributed by atoms with Crippen LogP contribution in [-0.2, 0) is 6.42 Å². The van der Waals surface area contributed by atoms with E-state index in [9.17, 15) is 0 Å². The number of rotatable bonds is 4. The molecule has 0 unspecified atom stereocenters. The number of hydrogen-bond donors (Lipinski definition) is 0. The molecule has 0 bridgehead atoms.